The number of fused-ring (bicyclic) bond motifs is 1. The van der Waals surface area contributed by atoms with Gasteiger partial charge in [0.2, 0.25) is 0 Å². The number of aromatic nitrogens is 5. The number of pyridine rings is 1. The third kappa shape index (κ3) is 5.03. The van der Waals surface area contributed by atoms with Gasteiger partial charge < -0.3 is 10.1 Å². The van der Waals surface area contributed by atoms with E-state index < -0.39 is 23.1 Å². The summed E-state index contributed by atoms with van der Waals surface area (Å²) >= 11 is 0. The number of aryl methyl sites for hydroxylation is 1. The van der Waals surface area contributed by atoms with Crippen molar-refractivity contribution in [3.8, 4) is 28.3 Å². The molecule has 6 aromatic rings. The second kappa shape index (κ2) is 10.5. The van der Waals surface area contributed by atoms with Gasteiger partial charge in [-0.3, -0.25) is 19.3 Å². The normalized spacial score (nSPS) is 11.0. The second-order valence-electron chi connectivity index (χ2n) is 9.05. The Bertz CT molecular complexity index is 1970. The molecule has 0 spiro atoms. The van der Waals surface area contributed by atoms with Crippen LogP contribution in [0.25, 0.3) is 27.7 Å². The fraction of sp³-hybridized carbons (Fsp3) is 0.0333. The number of carbonyl (C=O) groups is 1. The highest BCUT2D eigenvalue weighted by Gasteiger charge is 2.17. The lowest BCUT2D eigenvalue weighted by Crippen LogP contribution is -2.29. The number of halogens is 2. The third-order valence-electron chi connectivity index (χ3n) is 6.41. The number of nitrogens with zero attached hydrogens (tertiary/aromatic N) is 5. The van der Waals surface area contributed by atoms with Crippen molar-refractivity contribution < 1.29 is 18.3 Å². The molecular weight excluding hydrogens is 530 g/mol. The molecule has 11 heteroatoms. The standard InChI is InChI=1S/C30H20F2N6O3/c1-37-26-16-24(18-8-11-33-12-9-18)28(14-19(26)17-35-37)41-27-7-4-21(15-25(27)32)36-29(39)23-10-13-34-38(30(23)40)22-5-2-20(31)3-6-22/h2-17H,1H3,(H,36,39). The van der Waals surface area contributed by atoms with Gasteiger partial charge >= 0.3 is 0 Å². The number of carbonyl (C=O) groups excluding carboxylic acids is 1. The number of ether oxygens (including phenoxy) is 1. The molecule has 3 aromatic carbocycles. The molecule has 0 atom stereocenters. The monoisotopic (exact) mass is 550 g/mol. The van der Waals surface area contributed by atoms with Crippen molar-refractivity contribution in [3.05, 3.63) is 125 Å². The lowest BCUT2D eigenvalue weighted by Gasteiger charge is -2.14. The van der Waals surface area contributed by atoms with Gasteiger partial charge in [0, 0.05) is 48.3 Å². The molecule has 1 N–H and O–H groups in total. The van der Waals surface area contributed by atoms with E-state index in [4.69, 9.17) is 4.74 Å². The number of benzene rings is 3. The van der Waals surface area contributed by atoms with Crippen LogP contribution < -0.4 is 15.6 Å². The van der Waals surface area contributed by atoms with E-state index in [1.165, 1.54) is 48.7 Å². The van der Waals surface area contributed by atoms with Gasteiger partial charge in [0.05, 0.1) is 17.4 Å². The SMILES string of the molecule is Cn1ncc2cc(Oc3ccc(NC(=O)c4ccnn(-c5ccc(F)cc5)c4=O)cc3F)c(-c3ccncc3)cc21. The van der Waals surface area contributed by atoms with Crippen LogP contribution in [0.1, 0.15) is 10.4 Å². The fourth-order valence-electron chi connectivity index (χ4n) is 4.35. The third-order valence-corrected chi connectivity index (χ3v) is 6.41. The number of anilines is 1. The molecular formula is C30H20F2N6O3. The number of rotatable bonds is 6. The van der Waals surface area contributed by atoms with Crippen molar-refractivity contribution in [2.75, 3.05) is 5.32 Å². The van der Waals surface area contributed by atoms with Crippen LogP contribution >= 0.6 is 0 Å². The first-order valence-corrected chi connectivity index (χ1v) is 12.4. The van der Waals surface area contributed by atoms with Crippen molar-refractivity contribution in [1.82, 2.24) is 24.5 Å². The van der Waals surface area contributed by atoms with Crippen LogP contribution in [0.4, 0.5) is 14.5 Å². The van der Waals surface area contributed by atoms with Crippen molar-refractivity contribution in [1.29, 1.82) is 0 Å². The van der Waals surface area contributed by atoms with Crippen LogP contribution in [0.5, 0.6) is 11.5 Å². The largest absolute Gasteiger partial charge is 0.454 e. The summed E-state index contributed by atoms with van der Waals surface area (Å²) in [4.78, 5) is 29.9. The topological polar surface area (TPSA) is 104 Å². The molecule has 0 fully saturated rings. The van der Waals surface area contributed by atoms with E-state index in [0.29, 0.717) is 5.75 Å². The van der Waals surface area contributed by atoms with E-state index >= 15 is 4.39 Å². The van der Waals surface area contributed by atoms with Crippen LogP contribution in [0, 0.1) is 11.6 Å². The number of hydrogen-bond donors (Lipinski definition) is 1. The molecule has 9 nitrogen and oxygen atoms in total. The molecule has 3 heterocycles. The summed E-state index contributed by atoms with van der Waals surface area (Å²) < 4.78 is 37.2. The summed E-state index contributed by atoms with van der Waals surface area (Å²) in [5, 5.41) is 11.6. The van der Waals surface area contributed by atoms with Crippen LogP contribution in [0.2, 0.25) is 0 Å². The van der Waals surface area contributed by atoms with E-state index in [1.54, 1.807) is 29.3 Å². The fourth-order valence-corrected chi connectivity index (χ4v) is 4.35. The first kappa shape index (κ1) is 25.6. The van der Waals surface area contributed by atoms with Crippen molar-refractivity contribution >= 4 is 22.5 Å². The molecule has 0 bridgehead atoms. The molecule has 41 heavy (non-hydrogen) atoms. The molecule has 0 saturated heterocycles. The highest BCUT2D eigenvalue weighted by Crippen LogP contribution is 2.37. The van der Waals surface area contributed by atoms with Gasteiger partial charge in [-0.25, -0.2) is 8.78 Å². The zero-order valence-corrected chi connectivity index (χ0v) is 21.5. The van der Waals surface area contributed by atoms with Gasteiger partial charge in [0.1, 0.15) is 17.1 Å². The Morgan fingerprint density at radius 1 is 0.878 bits per heavy atom. The van der Waals surface area contributed by atoms with Gasteiger partial charge in [0.15, 0.2) is 11.6 Å². The maximum absolute atomic E-state index is 15.2. The lowest BCUT2D eigenvalue weighted by molar-refractivity contribution is 0.102. The minimum Gasteiger partial charge on any atom is -0.454 e. The van der Waals surface area contributed by atoms with Gasteiger partial charge in [-0.05, 0) is 72.3 Å². The average molecular weight is 551 g/mol. The average Bonchev–Trinajstić information content (AvgIpc) is 3.34. The van der Waals surface area contributed by atoms with Gasteiger partial charge in [0.25, 0.3) is 11.5 Å². The second-order valence-corrected chi connectivity index (χ2v) is 9.05. The predicted molar refractivity (Wildman–Crippen MR) is 148 cm³/mol. The Labute approximate surface area is 231 Å². The maximum Gasteiger partial charge on any atom is 0.284 e. The van der Waals surface area contributed by atoms with Crippen molar-refractivity contribution in [2.45, 2.75) is 0 Å². The minimum absolute atomic E-state index is 0.0656. The molecule has 0 aliphatic rings. The Hall–Kier alpha value is -5.71. The molecule has 0 saturated carbocycles. The van der Waals surface area contributed by atoms with Gasteiger partial charge in [-0.15, -0.1) is 0 Å². The molecule has 0 aliphatic carbocycles. The van der Waals surface area contributed by atoms with Crippen molar-refractivity contribution in [2.24, 2.45) is 7.05 Å². The first-order valence-electron chi connectivity index (χ1n) is 12.4. The summed E-state index contributed by atoms with van der Waals surface area (Å²) in [6, 6.07) is 17.6. The Morgan fingerprint density at radius 3 is 2.41 bits per heavy atom. The number of amides is 1. The van der Waals surface area contributed by atoms with E-state index in [1.807, 2.05) is 25.2 Å². The molecule has 1 amide bonds. The Kier molecular flexibility index (Phi) is 6.52. The quantitative estimate of drug-likeness (QED) is 0.294. The lowest BCUT2D eigenvalue weighted by atomic mass is 10.0. The molecule has 202 valence electrons. The smallest absolute Gasteiger partial charge is 0.284 e. The number of nitrogens with one attached hydrogen (secondary N) is 1. The van der Waals surface area contributed by atoms with Crippen LogP contribution in [-0.2, 0) is 7.05 Å². The molecule has 0 radical (unpaired) electrons. The Balaban J connectivity index is 1.27. The van der Waals surface area contributed by atoms with Crippen LogP contribution in [0.15, 0.2) is 102 Å². The maximum atomic E-state index is 15.2. The summed E-state index contributed by atoms with van der Waals surface area (Å²) in [5.41, 5.74) is 1.87. The molecule has 3 aromatic heterocycles. The van der Waals surface area contributed by atoms with E-state index in [-0.39, 0.29) is 22.7 Å². The van der Waals surface area contributed by atoms with Gasteiger partial charge in [-0.2, -0.15) is 14.9 Å². The van der Waals surface area contributed by atoms with Crippen LogP contribution in [0.3, 0.4) is 0 Å². The van der Waals surface area contributed by atoms with E-state index in [0.717, 1.165) is 32.8 Å². The van der Waals surface area contributed by atoms with E-state index in [9.17, 15) is 14.0 Å². The summed E-state index contributed by atoms with van der Waals surface area (Å²) in [5.74, 6) is -1.62. The van der Waals surface area contributed by atoms with Crippen LogP contribution in [-0.4, -0.2) is 30.5 Å². The first-order chi connectivity index (χ1) is 19.9. The minimum atomic E-state index is -0.761. The molecule has 0 aliphatic heterocycles. The Morgan fingerprint density at radius 2 is 1.66 bits per heavy atom. The summed E-state index contributed by atoms with van der Waals surface area (Å²) in [6.45, 7) is 0. The van der Waals surface area contributed by atoms with E-state index in [2.05, 4.69) is 20.5 Å². The molecule has 0 unspecified atom stereocenters. The zero-order valence-electron chi connectivity index (χ0n) is 21.5. The highest BCUT2D eigenvalue weighted by molar-refractivity contribution is 6.04. The predicted octanol–water partition coefficient (Wildman–Crippen LogP) is 5.50. The van der Waals surface area contributed by atoms with Gasteiger partial charge in [-0.1, -0.05) is 0 Å². The molecule has 6 rings (SSSR count). The summed E-state index contributed by atoms with van der Waals surface area (Å²) in [7, 11) is 1.83. The highest BCUT2D eigenvalue weighted by atomic mass is 19.1. The summed E-state index contributed by atoms with van der Waals surface area (Å²) in [6.07, 6.45) is 6.27. The number of hydrogen-bond acceptors (Lipinski definition) is 6. The van der Waals surface area contributed by atoms with Crippen molar-refractivity contribution in [3.63, 3.8) is 0 Å². The zero-order chi connectivity index (χ0) is 28.5.